The molecule has 0 aliphatic heterocycles. The van der Waals surface area contributed by atoms with Crippen molar-refractivity contribution < 1.29 is 4.57 Å². The Morgan fingerprint density at radius 1 is 1.31 bits per heavy atom. The van der Waals surface area contributed by atoms with E-state index >= 15 is 0 Å². The van der Waals surface area contributed by atoms with Gasteiger partial charge in [-0.25, -0.2) is 9.13 Å². The second-order valence-corrected chi connectivity index (χ2v) is 5.40. The molecule has 0 saturated heterocycles. The number of imidazole rings is 1. The summed E-state index contributed by atoms with van der Waals surface area (Å²) in [5.41, 5.74) is 0. The fourth-order valence-corrected chi connectivity index (χ4v) is 2.66. The molecule has 16 heavy (non-hydrogen) atoms. The van der Waals surface area contributed by atoms with Gasteiger partial charge in [0.2, 0.25) is 0 Å². The van der Waals surface area contributed by atoms with Crippen LogP contribution in [0.3, 0.4) is 0 Å². The number of hydrogen-bond acceptors (Lipinski definition) is 1. The van der Waals surface area contributed by atoms with Crippen molar-refractivity contribution in [3.05, 3.63) is 18.2 Å². The maximum absolute atomic E-state index is 2.42. The lowest BCUT2D eigenvalue weighted by Crippen LogP contribution is -2.36. The van der Waals surface area contributed by atoms with Crippen molar-refractivity contribution in [2.45, 2.75) is 53.1 Å². The molecule has 2 nitrogen and oxygen atoms in total. The second-order valence-electron chi connectivity index (χ2n) is 4.01. The van der Waals surface area contributed by atoms with Crippen LogP contribution in [-0.4, -0.2) is 16.1 Å². The van der Waals surface area contributed by atoms with Gasteiger partial charge in [-0.05, 0) is 24.3 Å². The second kappa shape index (κ2) is 7.77. The molecule has 1 heterocycles. The number of hydrogen-bond donors (Lipinski definition) is 0. The van der Waals surface area contributed by atoms with E-state index in [2.05, 4.69) is 42.3 Å². The van der Waals surface area contributed by atoms with Gasteiger partial charge in [-0.15, -0.1) is 0 Å². The molecule has 1 rings (SSSR count). The Kier molecular flexibility index (Phi) is 6.62. The zero-order valence-corrected chi connectivity index (χ0v) is 11.7. The van der Waals surface area contributed by atoms with Crippen molar-refractivity contribution in [2.75, 3.05) is 11.5 Å². The van der Waals surface area contributed by atoms with E-state index in [-0.39, 0.29) is 0 Å². The molecule has 0 aromatic carbocycles. The van der Waals surface area contributed by atoms with Crippen LogP contribution in [0.2, 0.25) is 0 Å². The van der Waals surface area contributed by atoms with E-state index in [1.54, 1.807) is 0 Å². The summed E-state index contributed by atoms with van der Waals surface area (Å²) in [5, 5.41) is 0. The van der Waals surface area contributed by atoms with Crippen LogP contribution in [0, 0.1) is 0 Å². The molecule has 0 atom stereocenters. The molecule has 0 unspecified atom stereocenters. The first-order chi connectivity index (χ1) is 7.83. The summed E-state index contributed by atoms with van der Waals surface area (Å²) in [6.07, 6.45) is 8.11. The van der Waals surface area contributed by atoms with E-state index in [9.17, 15) is 0 Å². The highest BCUT2D eigenvalue weighted by atomic mass is 32.2. The standard InChI is InChI=1S/C13H25N2S/c1-4-8-14-10-11-15(13(14)5-2)9-7-12-16-6-3/h10-11H,4-9,12H2,1-3H3/q+1. The Morgan fingerprint density at radius 2 is 2.12 bits per heavy atom. The van der Waals surface area contributed by atoms with E-state index in [1.165, 1.54) is 36.7 Å². The fraction of sp³-hybridized carbons (Fsp3) is 0.769. The molecule has 0 saturated carbocycles. The van der Waals surface area contributed by atoms with E-state index in [1.807, 2.05) is 11.8 Å². The van der Waals surface area contributed by atoms with Crippen LogP contribution in [0.1, 0.15) is 39.4 Å². The summed E-state index contributed by atoms with van der Waals surface area (Å²) in [4.78, 5) is 0. The van der Waals surface area contributed by atoms with E-state index < -0.39 is 0 Å². The van der Waals surface area contributed by atoms with Gasteiger partial charge in [-0.2, -0.15) is 11.8 Å². The molecule has 0 bridgehead atoms. The normalized spacial score (nSPS) is 10.9. The average Bonchev–Trinajstić information content (AvgIpc) is 2.67. The van der Waals surface area contributed by atoms with Gasteiger partial charge >= 0.3 is 0 Å². The van der Waals surface area contributed by atoms with Gasteiger partial charge in [0.05, 0.1) is 13.1 Å². The SMILES string of the molecule is CCC[n+]1ccn(CCCSCC)c1CC. The first kappa shape index (κ1) is 13.6. The van der Waals surface area contributed by atoms with Gasteiger partial charge in [-0.1, -0.05) is 20.8 Å². The van der Waals surface area contributed by atoms with Gasteiger partial charge in [0.25, 0.3) is 5.82 Å². The summed E-state index contributed by atoms with van der Waals surface area (Å²) in [7, 11) is 0. The largest absolute Gasteiger partial charge is 0.256 e. The molecule has 0 radical (unpaired) electrons. The van der Waals surface area contributed by atoms with Crippen molar-refractivity contribution in [3.63, 3.8) is 0 Å². The predicted molar refractivity (Wildman–Crippen MR) is 71.9 cm³/mol. The zero-order valence-electron chi connectivity index (χ0n) is 10.9. The van der Waals surface area contributed by atoms with Crippen LogP contribution in [0.25, 0.3) is 0 Å². The Morgan fingerprint density at radius 3 is 2.75 bits per heavy atom. The van der Waals surface area contributed by atoms with Crippen LogP contribution >= 0.6 is 11.8 Å². The third-order valence-electron chi connectivity index (χ3n) is 2.76. The summed E-state index contributed by atoms with van der Waals surface area (Å²) >= 11 is 2.04. The van der Waals surface area contributed by atoms with Crippen LogP contribution in [-0.2, 0) is 19.5 Å². The topological polar surface area (TPSA) is 8.81 Å². The lowest BCUT2D eigenvalue weighted by molar-refractivity contribution is -0.703. The number of nitrogens with zero attached hydrogens (tertiary/aromatic N) is 2. The Balaban J connectivity index is 2.51. The number of aryl methyl sites for hydroxylation is 2. The molecule has 0 aliphatic rings. The van der Waals surface area contributed by atoms with Crippen molar-refractivity contribution in [1.29, 1.82) is 0 Å². The third kappa shape index (κ3) is 3.85. The van der Waals surface area contributed by atoms with Crippen LogP contribution in [0.5, 0.6) is 0 Å². The van der Waals surface area contributed by atoms with Gasteiger partial charge in [0.15, 0.2) is 0 Å². The highest BCUT2D eigenvalue weighted by Gasteiger charge is 2.13. The molecule has 0 spiro atoms. The summed E-state index contributed by atoms with van der Waals surface area (Å²) in [5.74, 6) is 4.00. The number of rotatable bonds is 8. The van der Waals surface area contributed by atoms with Gasteiger partial charge in [0.1, 0.15) is 12.4 Å². The highest BCUT2D eigenvalue weighted by Crippen LogP contribution is 2.05. The minimum Gasteiger partial charge on any atom is -0.234 e. The minimum atomic E-state index is 1.13. The predicted octanol–water partition coefficient (Wildman–Crippen LogP) is 2.89. The van der Waals surface area contributed by atoms with Crippen molar-refractivity contribution >= 4 is 11.8 Å². The van der Waals surface area contributed by atoms with Crippen LogP contribution in [0.4, 0.5) is 0 Å². The lowest BCUT2D eigenvalue weighted by Gasteiger charge is -2.02. The molecule has 92 valence electrons. The summed E-state index contributed by atoms with van der Waals surface area (Å²) < 4.78 is 4.82. The molecule has 0 aliphatic carbocycles. The molecule has 1 aromatic heterocycles. The Bertz CT molecular complexity index is 294. The van der Waals surface area contributed by atoms with E-state index in [0.29, 0.717) is 0 Å². The Labute approximate surface area is 104 Å². The molecule has 1 aromatic rings. The van der Waals surface area contributed by atoms with E-state index in [0.717, 1.165) is 13.0 Å². The van der Waals surface area contributed by atoms with Crippen molar-refractivity contribution in [2.24, 2.45) is 0 Å². The van der Waals surface area contributed by atoms with Gasteiger partial charge in [-0.3, -0.25) is 0 Å². The Hall–Kier alpha value is -0.440. The highest BCUT2D eigenvalue weighted by molar-refractivity contribution is 7.99. The van der Waals surface area contributed by atoms with Crippen LogP contribution < -0.4 is 4.57 Å². The van der Waals surface area contributed by atoms with Gasteiger partial charge < -0.3 is 0 Å². The summed E-state index contributed by atoms with van der Waals surface area (Å²) in [6, 6.07) is 0. The molecular formula is C13H25N2S+. The summed E-state index contributed by atoms with van der Waals surface area (Å²) in [6.45, 7) is 9.04. The van der Waals surface area contributed by atoms with Crippen molar-refractivity contribution in [3.8, 4) is 0 Å². The minimum absolute atomic E-state index is 1.13. The number of thioether (sulfide) groups is 1. The fourth-order valence-electron chi connectivity index (χ4n) is 2.03. The maximum Gasteiger partial charge on any atom is 0.256 e. The average molecular weight is 241 g/mol. The number of aromatic nitrogens is 2. The maximum atomic E-state index is 2.42. The molecule has 0 amide bonds. The quantitative estimate of drug-likeness (QED) is 0.502. The monoisotopic (exact) mass is 241 g/mol. The third-order valence-corrected chi connectivity index (χ3v) is 3.75. The lowest BCUT2D eigenvalue weighted by atomic mass is 10.4. The smallest absolute Gasteiger partial charge is 0.234 e. The van der Waals surface area contributed by atoms with E-state index in [4.69, 9.17) is 0 Å². The molecule has 0 N–H and O–H groups in total. The first-order valence-corrected chi connectivity index (χ1v) is 7.64. The molecule has 0 fully saturated rings. The molecule has 3 heteroatoms. The van der Waals surface area contributed by atoms with Gasteiger partial charge in [0, 0.05) is 6.42 Å². The van der Waals surface area contributed by atoms with Crippen LogP contribution in [0.15, 0.2) is 12.4 Å². The van der Waals surface area contributed by atoms with Crippen molar-refractivity contribution in [1.82, 2.24) is 4.57 Å². The zero-order chi connectivity index (χ0) is 11.8. The first-order valence-electron chi connectivity index (χ1n) is 6.48. The molecular weight excluding hydrogens is 216 g/mol.